The third-order valence-corrected chi connectivity index (χ3v) is 7.89. The molecule has 0 spiro atoms. The van der Waals surface area contributed by atoms with Gasteiger partial charge in [0, 0.05) is 61.7 Å². The zero-order chi connectivity index (χ0) is 29.9. The number of hydrogen-bond acceptors (Lipinski definition) is 6. The number of aromatic nitrogens is 4. The molecule has 6 rings (SSSR count). The fourth-order valence-electron chi connectivity index (χ4n) is 5.67. The minimum Gasteiger partial charge on any atom is -0.383 e. The molecule has 1 fully saturated rings. The van der Waals surface area contributed by atoms with Crippen LogP contribution in [0.1, 0.15) is 36.5 Å². The van der Waals surface area contributed by atoms with E-state index in [1.54, 1.807) is 36.7 Å². The number of hydrogen-bond donors (Lipinski definition) is 2. The lowest BCUT2D eigenvalue weighted by Crippen LogP contribution is -2.26. The highest BCUT2D eigenvalue weighted by molar-refractivity contribution is 6.05. The summed E-state index contributed by atoms with van der Waals surface area (Å²) in [6.45, 7) is 4.92. The molecule has 10 heteroatoms. The summed E-state index contributed by atoms with van der Waals surface area (Å²) in [6.07, 6.45) is 9.60. The van der Waals surface area contributed by atoms with Gasteiger partial charge in [-0.3, -0.25) is 9.59 Å². The fraction of sp³-hybridized carbons (Fsp3) is 0.273. The number of halogens is 1. The Bertz CT molecular complexity index is 1820. The van der Waals surface area contributed by atoms with Crippen LogP contribution < -0.4 is 16.5 Å². The number of amides is 1. The van der Waals surface area contributed by atoms with Gasteiger partial charge < -0.3 is 24.9 Å². The molecule has 3 N–H and O–H groups in total. The Morgan fingerprint density at radius 1 is 1.00 bits per heavy atom. The van der Waals surface area contributed by atoms with Crippen molar-refractivity contribution in [3.8, 4) is 22.3 Å². The van der Waals surface area contributed by atoms with Gasteiger partial charge in [-0.05, 0) is 60.6 Å². The molecule has 0 unspecified atom stereocenters. The quantitative estimate of drug-likeness (QED) is 0.242. The van der Waals surface area contributed by atoms with Gasteiger partial charge in [-0.15, -0.1) is 0 Å². The van der Waals surface area contributed by atoms with Gasteiger partial charge in [-0.1, -0.05) is 31.2 Å². The lowest BCUT2D eigenvalue weighted by molar-refractivity contribution is 0.0612. The van der Waals surface area contributed by atoms with E-state index in [0.29, 0.717) is 48.3 Å². The monoisotopic (exact) mass is 580 g/mol. The fourth-order valence-corrected chi connectivity index (χ4v) is 5.67. The van der Waals surface area contributed by atoms with Crippen LogP contribution in [0.25, 0.3) is 33.3 Å². The minimum atomic E-state index is -0.514. The summed E-state index contributed by atoms with van der Waals surface area (Å²) >= 11 is 0. The van der Waals surface area contributed by atoms with E-state index in [4.69, 9.17) is 10.5 Å². The van der Waals surface area contributed by atoms with E-state index in [-0.39, 0.29) is 5.56 Å². The van der Waals surface area contributed by atoms with E-state index in [1.165, 1.54) is 18.5 Å². The van der Waals surface area contributed by atoms with Crippen LogP contribution in [0.5, 0.6) is 0 Å². The summed E-state index contributed by atoms with van der Waals surface area (Å²) in [7, 11) is 0. The van der Waals surface area contributed by atoms with E-state index in [0.717, 1.165) is 48.0 Å². The summed E-state index contributed by atoms with van der Waals surface area (Å²) in [5, 5.41) is 3.67. The van der Waals surface area contributed by atoms with Crippen molar-refractivity contribution in [2.24, 2.45) is 5.92 Å². The molecule has 43 heavy (non-hydrogen) atoms. The molecule has 1 amide bonds. The van der Waals surface area contributed by atoms with Crippen molar-refractivity contribution < 1.29 is 13.9 Å². The predicted molar refractivity (Wildman–Crippen MR) is 165 cm³/mol. The van der Waals surface area contributed by atoms with E-state index < -0.39 is 17.2 Å². The Hall–Kier alpha value is -4.83. The lowest BCUT2D eigenvalue weighted by Gasteiger charge is -2.23. The third-order valence-electron chi connectivity index (χ3n) is 7.89. The highest BCUT2D eigenvalue weighted by atomic mass is 19.1. The van der Waals surface area contributed by atoms with Crippen LogP contribution in [-0.4, -0.2) is 38.2 Å². The molecule has 5 aromatic rings. The first-order valence-corrected chi connectivity index (χ1v) is 14.5. The van der Waals surface area contributed by atoms with Crippen LogP contribution in [0, 0.1) is 11.7 Å². The Morgan fingerprint density at radius 3 is 2.42 bits per heavy atom. The largest absolute Gasteiger partial charge is 0.383 e. The highest BCUT2D eigenvalue weighted by Crippen LogP contribution is 2.33. The first-order chi connectivity index (χ1) is 20.9. The molecule has 220 valence electrons. The zero-order valence-electron chi connectivity index (χ0n) is 23.9. The Balaban J connectivity index is 1.30. The van der Waals surface area contributed by atoms with E-state index in [9.17, 15) is 14.0 Å². The van der Waals surface area contributed by atoms with Gasteiger partial charge in [0.15, 0.2) is 0 Å². The van der Waals surface area contributed by atoms with Gasteiger partial charge in [0.2, 0.25) is 5.43 Å². The minimum absolute atomic E-state index is 0.0190. The number of nitrogens with zero attached hydrogens (tertiary/aromatic N) is 4. The molecule has 0 saturated carbocycles. The second-order valence-corrected chi connectivity index (χ2v) is 10.9. The van der Waals surface area contributed by atoms with Gasteiger partial charge in [0.1, 0.15) is 29.2 Å². The number of rotatable bonds is 8. The second kappa shape index (κ2) is 12.2. The molecule has 2 aromatic carbocycles. The topological polar surface area (TPSA) is 117 Å². The zero-order valence-corrected chi connectivity index (χ0v) is 23.9. The predicted octanol–water partition coefficient (Wildman–Crippen LogP) is 5.74. The number of pyridine rings is 1. The number of aryl methyl sites for hydroxylation is 1. The number of ether oxygens (including phenoxy) is 1. The molecular formula is C33H33FN6O3. The highest BCUT2D eigenvalue weighted by Gasteiger charge is 2.20. The Morgan fingerprint density at radius 2 is 1.70 bits per heavy atom. The van der Waals surface area contributed by atoms with Crippen molar-refractivity contribution in [2.45, 2.75) is 39.3 Å². The molecule has 0 aliphatic carbocycles. The lowest BCUT2D eigenvalue weighted by atomic mass is 9.99. The average Bonchev–Trinajstić information content (AvgIpc) is 3.39. The molecule has 1 saturated heterocycles. The Labute approximate surface area is 248 Å². The number of anilines is 2. The summed E-state index contributed by atoms with van der Waals surface area (Å²) in [6, 6.07) is 13.1. The Kier molecular flexibility index (Phi) is 8.02. The van der Waals surface area contributed by atoms with Crippen molar-refractivity contribution in [3.05, 3.63) is 95.1 Å². The maximum absolute atomic E-state index is 13.6. The number of fused-ring (bicyclic) bond motifs is 1. The van der Waals surface area contributed by atoms with E-state index >= 15 is 0 Å². The van der Waals surface area contributed by atoms with Crippen LogP contribution in [0.15, 0.2) is 78.2 Å². The normalized spacial score (nSPS) is 13.8. The summed E-state index contributed by atoms with van der Waals surface area (Å²) in [5.74, 6) is -0.137. The van der Waals surface area contributed by atoms with E-state index in [1.807, 2.05) is 22.9 Å². The standard InChI is InChI=1S/C33H33FN6O3/c1-2-13-40-19-26(29-31(35)36-20-37-32(29)40)22-5-9-25(10-6-22)38-33(42)28-18-39(16-21-11-14-43-15-12-21)17-27(30(28)41)23-3-7-24(34)8-4-23/h3-10,17-21H,2,11-16H2,1H3,(H,38,42)(H2,35,36,37). The maximum atomic E-state index is 13.6. The van der Waals surface area contributed by atoms with Crippen molar-refractivity contribution >= 4 is 28.4 Å². The molecule has 3 aromatic heterocycles. The number of nitrogens with one attached hydrogen (secondary N) is 1. The molecular weight excluding hydrogens is 547 g/mol. The van der Waals surface area contributed by atoms with Crippen LogP contribution in [-0.2, 0) is 17.8 Å². The van der Waals surface area contributed by atoms with Crippen molar-refractivity contribution in [1.82, 2.24) is 19.1 Å². The van der Waals surface area contributed by atoms with Gasteiger partial charge in [-0.2, -0.15) is 0 Å². The molecule has 9 nitrogen and oxygen atoms in total. The smallest absolute Gasteiger partial charge is 0.261 e. The van der Waals surface area contributed by atoms with Gasteiger partial charge in [0.05, 0.1) is 5.39 Å². The first kappa shape index (κ1) is 28.3. The van der Waals surface area contributed by atoms with Crippen molar-refractivity contribution in [1.29, 1.82) is 0 Å². The molecule has 0 radical (unpaired) electrons. The average molecular weight is 581 g/mol. The molecule has 1 aliphatic rings. The molecule has 4 heterocycles. The van der Waals surface area contributed by atoms with E-state index in [2.05, 4.69) is 26.8 Å². The van der Waals surface area contributed by atoms with Crippen molar-refractivity contribution in [3.63, 3.8) is 0 Å². The maximum Gasteiger partial charge on any atom is 0.261 e. The number of carbonyl (C=O) groups excluding carboxylic acids is 1. The summed E-state index contributed by atoms with van der Waals surface area (Å²) < 4.78 is 23.1. The van der Waals surface area contributed by atoms with Crippen LogP contribution in [0.2, 0.25) is 0 Å². The molecule has 1 aliphatic heterocycles. The second-order valence-electron chi connectivity index (χ2n) is 10.9. The van der Waals surface area contributed by atoms with Crippen LogP contribution in [0.4, 0.5) is 15.9 Å². The number of nitrogens with two attached hydrogens (primary N) is 1. The summed E-state index contributed by atoms with van der Waals surface area (Å²) in [4.78, 5) is 35.7. The van der Waals surface area contributed by atoms with Crippen molar-refractivity contribution in [2.75, 3.05) is 24.3 Å². The third kappa shape index (κ3) is 5.91. The number of carbonyl (C=O) groups is 1. The molecule has 0 atom stereocenters. The van der Waals surface area contributed by atoms with Gasteiger partial charge >= 0.3 is 0 Å². The number of nitrogen functional groups attached to an aromatic ring is 1. The molecule has 0 bridgehead atoms. The van der Waals surface area contributed by atoms with Crippen LogP contribution >= 0.6 is 0 Å². The summed E-state index contributed by atoms with van der Waals surface area (Å²) in [5.41, 5.74) is 9.86. The van der Waals surface area contributed by atoms with Crippen LogP contribution in [0.3, 0.4) is 0 Å². The van der Waals surface area contributed by atoms with Gasteiger partial charge in [0.25, 0.3) is 5.91 Å². The SMILES string of the molecule is CCCn1cc(-c2ccc(NC(=O)c3cn(CC4CCOCC4)cc(-c4ccc(F)cc4)c3=O)cc2)c2c(N)ncnc21. The number of benzene rings is 2. The van der Waals surface area contributed by atoms with Gasteiger partial charge in [-0.25, -0.2) is 14.4 Å². The first-order valence-electron chi connectivity index (χ1n) is 14.5.